The second-order valence-electron chi connectivity index (χ2n) is 5.43. The van der Waals surface area contributed by atoms with Crippen molar-refractivity contribution in [3.63, 3.8) is 0 Å². The van der Waals surface area contributed by atoms with Crippen molar-refractivity contribution in [3.05, 3.63) is 72.4 Å². The maximum absolute atomic E-state index is 13.0. The third-order valence-corrected chi connectivity index (χ3v) is 3.70. The number of rotatable bonds is 4. The Bertz CT molecular complexity index is 1020. The molecule has 0 atom stereocenters. The van der Waals surface area contributed by atoms with Crippen LogP contribution in [-0.4, -0.2) is 36.3 Å². The van der Waals surface area contributed by atoms with E-state index >= 15 is 0 Å². The van der Waals surface area contributed by atoms with E-state index in [1.54, 1.807) is 42.5 Å². The predicted octanol–water partition coefficient (Wildman–Crippen LogP) is 2.44. The number of benzene rings is 2. The van der Waals surface area contributed by atoms with Crippen molar-refractivity contribution in [1.82, 2.24) is 30.4 Å². The molecular formula is C17H12FN7O. The van der Waals surface area contributed by atoms with Gasteiger partial charge in [-0.3, -0.25) is 9.89 Å². The highest BCUT2D eigenvalue weighted by molar-refractivity contribution is 6.03. The zero-order chi connectivity index (χ0) is 17.9. The highest BCUT2D eigenvalue weighted by Gasteiger charge is 2.11. The Labute approximate surface area is 146 Å². The van der Waals surface area contributed by atoms with Gasteiger partial charge in [-0.1, -0.05) is 0 Å². The third kappa shape index (κ3) is 3.18. The zero-order valence-electron chi connectivity index (χ0n) is 13.3. The first-order valence-electron chi connectivity index (χ1n) is 7.65. The molecule has 2 N–H and O–H groups in total. The van der Waals surface area contributed by atoms with Gasteiger partial charge in [-0.25, -0.2) is 9.07 Å². The summed E-state index contributed by atoms with van der Waals surface area (Å²) >= 11 is 0. The van der Waals surface area contributed by atoms with Crippen molar-refractivity contribution >= 4 is 11.6 Å². The number of H-pyrrole nitrogens is 1. The summed E-state index contributed by atoms with van der Waals surface area (Å²) in [6.07, 6.45) is 1.48. The van der Waals surface area contributed by atoms with E-state index < -0.39 is 0 Å². The number of carbonyl (C=O) groups is 1. The summed E-state index contributed by atoms with van der Waals surface area (Å²) in [7, 11) is 0. The molecule has 0 saturated heterocycles. The van der Waals surface area contributed by atoms with Gasteiger partial charge in [0.1, 0.15) is 17.8 Å². The minimum absolute atomic E-state index is 0.300. The highest BCUT2D eigenvalue weighted by Crippen LogP contribution is 2.19. The van der Waals surface area contributed by atoms with E-state index in [2.05, 4.69) is 31.0 Å². The summed E-state index contributed by atoms with van der Waals surface area (Å²) in [4.78, 5) is 12.3. The molecule has 2 aromatic heterocycles. The van der Waals surface area contributed by atoms with Gasteiger partial charge in [0.05, 0.1) is 11.4 Å². The summed E-state index contributed by atoms with van der Waals surface area (Å²) in [5, 5.41) is 20.5. The average molecular weight is 349 g/mol. The maximum atomic E-state index is 13.0. The number of hydrogen-bond acceptors (Lipinski definition) is 5. The van der Waals surface area contributed by atoms with Crippen LogP contribution in [0.15, 0.2) is 60.9 Å². The normalized spacial score (nSPS) is 10.7. The largest absolute Gasteiger partial charge is 0.321 e. The van der Waals surface area contributed by atoms with Crippen LogP contribution in [0, 0.1) is 5.82 Å². The summed E-state index contributed by atoms with van der Waals surface area (Å²) in [5.74, 6) is -0.659. The first-order valence-corrected chi connectivity index (χ1v) is 7.65. The van der Waals surface area contributed by atoms with Gasteiger partial charge in [0, 0.05) is 11.3 Å². The van der Waals surface area contributed by atoms with Crippen molar-refractivity contribution in [2.24, 2.45) is 0 Å². The zero-order valence-corrected chi connectivity index (χ0v) is 13.3. The van der Waals surface area contributed by atoms with Gasteiger partial charge in [0.25, 0.3) is 5.91 Å². The molecule has 2 heterocycles. The van der Waals surface area contributed by atoms with E-state index in [1.807, 2.05) is 0 Å². The number of hydrogen-bond donors (Lipinski definition) is 2. The van der Waals surface area contributed by atoms with Crippen molar-refractivity contribution in [2.45, 2.75) is 0 Å². The van der Waals surface area contributed by atoms with Gasteiger partial charge in [-0.2, -0.15) is 5.10 Å². The van der Waals surface area contributed by atoms with Crippen LogP contribution in [0.2, 0.25) is 0 Å². The highest BCUT2D eigenvalue weighted by atomic mass is 19.1. The van der Waals surface area contributed by atoms with Crippen LogP contribution in [0.3, 0.4) is 0 Å². The second-order valence-corrected chi connectivity index (χ2v) is 5.43. The van der Waals surface area contributed by atoms with Crippen molar-refractivity contribution in [2.75, 3.05) is 5.32 Å². The van der Waals surface area contributed by atoms with Gasteiger partial charge in [-0.05, 0) is 65.0 Å². The van der Waals surface area contributed by atoms with E-state index in [1.165, 1.54) is 23.1 Å². The predicted molar refractivity (Wildman–Crippen MR) is 91.1 cm³/mol. The number of halogens is 1. The molecule has 26 heavy (non-hydrogen) atoms. The standard InChI is InChI=1S/C17H12FN7O/c18-12-3-1-11(2-4-12)15-9-16(22-21-15)17(26)20-13-5-7-14(8-6-13)25-10-19-23-24-25/h1-10H,(H,20,26)(H,21,22). The van der Waals surface area contributed by atoms with Crippen LogP contribution in [0.5, 0.6) is 0 Å². The van der Waals surface area contributed by atoms with E-state index in [4.69, 9.17) is 0 Å². The van der Waals surface area contributed by atoms with Crippen molar-refractivity contribution in [3.8, 4) is 16.9 Å². The molecule has 2 aromatic carbocycles. The molecule has 0 radical (unpaired) electrons. The number of tetrazole rings is 1. The lowest BCUT2D eigenvalue weighted by atomic mass is 10.1. The van der Waals surface area contributed by atoms with Crippen LogP contribution in [-0.2, 0) is 0 Å². The Balaban J connectivity index is 1.47. The summed E-state index contributed by atoms with van der Waals surface area (Å²) in [6, 6.07) is 14.5. The van der Waals surface area contributed by atoms with Crippen LogP contribution >= 0.6 is 0 Å². The smallest absolute Gasteiger partial charge is 0.273 e. The summed E-state index contributed by atoms with van der Waals surface area (Å²) in [6.45, 7) is 0. The lowest BCUT2D eigenvalue weighted by Gasteiger charge is -2.04. The fourth-order valence-corrected chi connectivity index (χ4v) is 2.38. The second kappa shape index (κ2) is 6.55. The van der Waals surface area contributed by atoms with E-state index in [0.717, 1.165) is 5.69 Å². The molecule has 8 nitrogen and oxygen atoms in total. The first-order chi connectivity index (χ1) is 12.7. The number of nitrogens with zero attached hydrogens (tertiary/aromatic N) is 5. The molecule has 4 aromatic rings. The Morgan fingerprint density at radius 3 is 2.54 bits per heavy atom. The fourth-order valence-electron chi connectivity index (χ4n) is 2.38. The average Bonchev–Trinajstić information content (AvgIpc) is 3.35. The molecule has 0 saturated carbocycles. The first kappa shape index (κ1) is 15.6. The monoisotopic (exact) mass is 349 g/mol. The molecule has 0 aliphatic carbocycles. The molecule has 0 spiro atoms. The molecular weight excluding hydrogens is 337 g/mol. The quantitative estimate of drug-likeness (QED) is 0.589. The van der Waals surface area contributed by atoms with E-state index in [9.17, 15) is 9.18 Å². The van der Waals surface area contributed by atoms with Crippen LogP contribution in [0.4, 0.5) is 10.1 Å². The molecule has 0 aliphatic heterocycles. The maximum Gasteiger partial charge on any atom is 0.273 e. The van der Waals surface area contributed by atoms with Crippen molar-refractivity contribution in [1.29, 1.82) is 0 Å². The van der Waals surface area contributed by atoms with Gasteiger partial charge in [-0.15, -0.1) is 5.10 Å². The fraction of sp³-hybridized carbons (Fsp3) is 0. The summed E-state index contributed by atoms with van der Waals surface area (Å²) < 4.78 is 14.5. The topological polar surface area (TPSA) is 101 Å². The van der Waals surface area contributed by atoms with E-state index in [0.29, 0.717) is 22.6 Å². The molecule has 4 rings (SSSR count). The van der Waals surface area contributed by atoms with Gasteiger partial charge in [0.15, 0.2) is 0 Å². The lowest BCUT2D eigenvalue weighted by Crippen LogP contribution is -2.12. The van der Waals surface area contributed by atoms with Gasteiger partial charge < -0.3 is 5.32 Å². The Morgan fingerprint density at radius 1 is 1.08 bits per heavy atom. The molecule has 9 heteroatoms. The molecule has 0 aliphatic rings. The minimum Gasteiger partial charge on any atom is -0.321 e. The lowest BCUT2D eigenvalue weighted by molar-refractivity contribution is 0.102. The molecule has 0 unspecified atom stereocenters. The third-order valence-electron chi connectivity index (χ3n) is 3.70. The number of amides is 1. The Morgan fingerprint density at radius 2 is 1.85 bits per heavy atom. The van der Waals surface area contributed by atoms with E-state index in [-0.39, 0.29) is 11.7 Å². The number of nitrogens with one attached hydrogen (secondary N) is 2. The van der Waals surface area contributed by atoms with Crippen LogP contribution in [0.25, 0.3) is 16.9 Å². The number of anilines is 1. The molecule has 0 bridgehead atoms. The van der Waals surface area contributed by atoms with Crippen LogP contribution in [0.1, 0.15) is 10.5 Å². The molecule has 0 fully saturated rings. The summed E-state index contributed by atoms with van der Waals surface area (Å²) in [5.41, 5.74) is 2.96. The van der Waals surface area contributed by atoms with Gasteiger partial charge >= 0.3 is 0 Å². The van der Waals surface area contributed by atoms with Crippen molar-refractivity contribution < 1.29 is 9.18 Å². The number of aromatic amines is 1. The van der Waals surface area contributed by atoms with Gasteiger partial charge in [0.2, 0.25) is 0 Å². The van der Waals surface area contributed by atoms with Crippen LogP contribution < -0.4 is 5.32 Å². The molecule has 1 amide bonds. The number of carbonyl (C=O) groups excluding carboxylic acids is 1. The Kier molecular flexibility index (Phi) is 3.94. The minimum atomic E-state index is -0.332. The number of aromatic nitrogens is 6. The molecule has 128 valence electrons. The Hall–Kier alpha value is -3.88. The SMILES string of the molecule is O=C(Nc1ccc(-n2cnnn2)cc1)c1cc(-c2ccc(F)cc2)n[nH]1.